The Morgan fingerprint density at radius 1 is 1.38 bits per heavy atom. The average molecular weight is 377 g/mol. The van der Waals surface area contributed by atoms with Gasteiger partial charge in [-0.2, -0.15) is 0 Å². The van der Waals surface area contributed by atoms with Gasteiger partial charge in [-0.15, -0.1) is 12.4 Å². The molecule has 0 bridgehead atoms. The molecule has 0 aromatic heterocycles. The van der Waals surface area contributed by atoms with E-state index in [1.165, 1.54) is 0 Å². The summed E-state index contributed by atoms with van der Waals surface area (Å²) in [7, 11) is 1.64. The van der Waals surface area contributed by atoms with E-state index in [2.05, 4.69) is 10.6 Å². The minimum Gasteiger partial charge on any atom is -0.487 e. The Bertz CT molecular complexity index is 517. The molecule has 0 spiro atoms. The van der Waals surface area contributed by atoms with E-state index >= 15 is 0 Å². The molecule has 1 aromatic rings. The standard InChI is InChI=1S/C17H25ClN2O3.ClH/c1-13(23-15-6-4-3-5-14(15)18)11-20-16(21)17(12-22-2)7-9-19-10-8-17;/h3-6,13,19H,7-12H2,1-2H3,(H,20,21);1H. The summed E-state index contributed by atoms with van der Waals surface area (Å²) >= 11 is 6.08. The normalized spacial score (nSPS) is 17.5. The fourth-order valence-electron chi connectivity index (χ4n) is 2.84. The van der Waals surface area contributed by atoms with Gasteiger partial charge in [0.05, 0.1) is 23.6 Å². The van der Waals surface area contributed by atoms with Gasteiger partial charge in [-0.05, 0) is 45.0 Å². The number of para-hydroxylation sites is 1. The molecule has 0 radical (unpaired) electrons. The lowest BCUT2D eigenvalue weighted by molar-refractivity contribution is -0.136. The molecule has 0 saturated carbocycles. The number of benzene rings is 1. The number of rotatable bonds is 7. The molecule has 1 fully saturated rings. The van der Waals surface area contributed by atoms with Crippen LogP contribution in [0.1, 0.15) is 19.8 Å². The quantitative estimate of drug-likeness (QED) is 0.767. The van der Waals surface area contributed by atoms with Crippen molar-refractivity contribution in [1.29, 1.82) is 0 Å². The summed E-state index contributed by atoms with van der Waals surface area (Å²) in [4.78, 5) is 12.6. The summed E-state index contributed by atoms with van der Waals surface area (Å²) in [5, 5.41) is 6.85. The molecular weight excluding hydrogens is 351 g/mol. The molecule has 1 saturated heterocycles. The first-order chi connectivity index (χ1) is 11.1. The molecule has 1 aromatic carbocycles. The van der Waals surface area contributed by atoms with Crippen molar-refractivity contribution in [2.24, 2.45) is 5.41 Å². The van der Waals surface area contributed by atoms with Crippen LogP contribution < -0.4 is 15.4 Å². The Morgan fingerprint density at radius 3 is 2.67 bits per heavy atom. The zero-order valence-corrected chi connectivity index (χ0v) is 15.7. The molecule has 24 heavy (non-hydrogen) atoms. The van der Waals surface area contributed by atoms with Gasteiger partial charge in [0.15, 0.2) is 0 Å². The third-order valence-electron chi connectivity index (χ3n) is 4.18. The average Bonchev–Trinajstić information content (AvgIpc) is 2.56. The van der Waals surface area contributed by atoms with E-state index in [-0.39, 0.29) is 24.4 Å². The maximum atomic E-state index is 12.6. The van der Waals surface area contributed by atoms with Crippen LogP contribution in [0.4, 0.5) is 0 Å². The maximum Gasteiger partial charge on any atom is 0.228 e. The van der Waals surface area contributed by atoms with E-state index in [9.17, 15) is 4.79 Å². The zero-order valence-electron chi connectivity index (χ0n) is 14.1. The molecule has 1 amide bonds. The van der Waals surface area contributed by atoms with E-state index in [0.29, 0.717) is 23.9 Å². The first-order valence-electron chi connectivity index (χ1n) is 7.96. The monoisotopic (exact) mass is 376 g/mol. The van der Waals surface area contributed by atoms with E-state index < -0.39 is 5.41 Å². The summed E-state index contributed by atoms with van der Waals surface area (Å²) in [5.41, 5.74) is -0.440. The smallest absolute Gasteiger partial charge is 0.228 e. The predicted octanol–water partition coefficient (Wildman–Crippen LogP) is 2.66. The second-order valence-electron chi connectivity index (χ2n) is 6.03. The van der Waals surface area contributed by atoms with Crippen LogP contribution in [0.25, 0.3) is 0 Å². The van der Waals surface area contributed by atoms with Gasteiger partial charge in [-0.25, -0.2) is 0 Å². The number of amides is 1. The minimum atomic E-state index is -0.440. The van der Waals surface area contributed by atoms with Crippen molar-refractivity contribution in [1.82, 2.24) is 10.6 Å². The van der Waals surface area contributed by atoms with Gasteiger partial charge in [0.1, 0.15) is 11.9 Å². The SMILES string of the molecule is COCC1(C(=O)NCC(C)Oc2ccccc2Cl)CCNCC1.Cl. The van der Waals surface area contributed by atoms with Crippen molar-refractivity contribution in [3.63, 3.8) is 0 Å². The van der Waals surface area contributed by atoms with Crippen LogP contribution in [0.5, 0.6) is 5.75 Å². The highest BCUT2D eigenvalue weighted by atomic mass is 35.5. The molecule has 1 aliphatic heterocycles. The molecule has 1 unspecified atom stereocenters. The number of hydrogen-bond donors (Lipinski definition) is 2. The summed E-state index contributed by atoms with van der Waals surface area (Å²) in [5.74, 6) is 0.667. The number of nitrogens with one attached hydrogen (secondary N) is 2. The fraction of sp³-hybridized carbons (Fsp3) is 0.588. The third-order valence-corrected chi connectivity index (χ3v) is 4.49. The lowest BCUT2D eigenvalue weighted by Gasteiger charge is -2.35. The van der Waals surface area contributed by atoms with Gasteiger partial charge in [-0.1, -0.05) is 23.7 Å². The van der Waals surface area contributed by atoms with Crippen LogP contribution in [-0.4, -0.2) is 45.4 Å². The van der Waals surface area contributed by atoms with Crippen LogP contribution in [-0.2, 0) is 9.53 Å². The van der Waals surface area contributed by atoms with E-state index in [1.807, 2.05) is 25.1 Å². The lowest BCUT2D eigenvalue weighted by Crippen LogP contribution is -2.51. The summed E-state index contributed by atoms with van der Waals surface area (Å²) in [6, 6.07) is 7.33. The Labute approximate surface area is 154 Å². The molecule has 2 rings (SSSR count). The number of halogens is 2. The molecule has 0 aliphatic carbocycles. The van der Waals surface area contributed by atoms with E-state index in [0.717, 1.165) is 25.9 Å². The minimum absolute atomic E-state index is 0. The number of carbonyl (C=O) groups excluding carboxylic acids is 1. The molecule has 5 nitrogen and oxygen atoms in total. The molecule has 1 atom stereocenters. The van der Waals surface area contributed by atoms with Crippen molar-refractivity contribution in [3.05, 3.63) is 29.3 Å². The van der Waals surface area contributed by atoms with Crippen LogP contribution in [0.15, 0.2) is 24.3 Å². The van der Waals surface area contributed by atoms with E-state index in [1.54, 1.807) is 13.2 Å². The fourth-order valence-corrected chi connectivity index (χ4v) is 3.02. The van der Waals surface area contributed by atoms with Crippen molar-refractivity contribution < 1.29 is 14.3 Å². The third kappa shape index (κ3) is 5.52. The Hall–Kier alpha value is -1.01. The molecule has 136 valence electrons. The second-order valence-corrected chi connectivity index (χ2v) is 6.44. The molecule has 1 aliphatic rings. The Morgan fingerprint density at radius 2 is 2.04 bits per heavy atom. The van der Waals surface area contributed by atoms with Gasteiger partial charge in [0.25, 0.3) is 0 Å². The van der Waals surface area contributed by atoms with Gasteiger partial charge < -0.3 is 20.1 Å². The van der Waals surface area contributed by atoms with Gasteiger partial charge in [-0.3, -0.25) is 4.79 Å². The van der Waals surface area contributed by atoms with Gasteiger partial charge >= 0.3 is 0 Å². The largest absolute Gasteiger partial charge is 0.487 e. The lowest BCUT2D eigenvalue weighted by atomic mass is 9.78. The first kappa shape index (κ1) is 21.0. The summed E-state index contributed by atoms with van der Waals surface area (Å²) in [6.07, 6.45) is 1.40. The van der Waals surface area contributed by atoms with Crippen molar-refractivity contribution in [3.8, 4) is 5.75 Å². The summed E-state index contributed by atoms with van der Waals surface area (Å²) < 4.78 is 11.1. The van der Waals surface area contributed by atoms with Crippen molar-refractivity contribution >= 4 is 29.9 Å². The number of methoxy groups -OCH3 is 1. The van der Waals surface area contributed by atoms with Crippen molar-refractivity contribution in [2.45, 2.75) is 25.9 Å². The number of piperidine rings is 1. The van der Waals surface area contributed by atoms with Gasteiger partial charge in [0.2, 0.25) is 5.91 Å². The first-order valence-corrected chi connectivity index (χ1v) is 8.34. The zero-order chi connectivity index (χ0) is 16.7. The number of hydrogen-bond acceptors (Lipinski definition) is 4. The van der Waals surface area contributed by atoms with Crippen LogP contribution in [0, 0.1) is 5.41 Å². The number of carbonyl (C=O) groups is 1. The maximum absolute atomic E-state index is 12.6. The predicted molar refractivity (Wildman–Crippen MR) is 98.2 cm³/mol. The highest BCUT2D eigenvalue weighted by Gasteiger charge is 2.39. The second kappa shape index (κ2) is 10.1. The summed E-state index contributed by atoms with van der Waals surface area (Å²) in [6.45, 7) is 4.46. The molecule has 1 heterocycles. The number of ether oxygens (including phenoxy) is 2. The highest BCUT2D eigenvalue weighted by molar-refractivity contribution is 6.32. The van der Waals surface area contributed by atoms with Crippen LogP contribution in [0.2, 0.25) is 5.02 Å². The van der Waals surface area contributed by atoms with E-state index in [4.69, 9.17) is 21.1 Å². The topological polar surface area (TPSA) is 59.6 Å². The van der Waals surface area contributed by atoms with Gasteiger partial charge in [0, 0.05) is 7.11 Å². The Balaban J connectivity index is 0.00000288. The van der Waals surface area contributed by atoms with Crippen molar-refractivity contribution in [2.75, 3.05) is 33.4 Å². The molecular formula is C17H26Cl2N2O3. The Kier molecular flexibility index (Phi) is 8.84. The molecule has 7 heteroatoms. The van der Waals surface area contributed by atoms with Crippen LogP contribution in [0.3, 0.4) is 0 Å². The highest BCUT2D eigenvalue weighted by Crippen LogP contribution is 2.29. The molecule has 2 N–H and O–H groups in total. The van der Waals surface area contributed by atoms with Crippen LogP contribution >= 0.6 is 24.0 Å².